The van der Waals surface area contributed by atoms with Crippen LogP contribution in [0.2, 0.25) is 0 Å². The third-order valence-corrected chi connectivity index (χ3v) is 4.57. The molecule has 3 aromatic heterocycles. The van der Waals surface area contributed by atoms with Crippen LogP contribution in [-0.4, -0.2) is 35.3 Å². The predicted octanol–water partition coefficient (Wildman–Crippen LogP) is 3.70. The molecule has 0 aliphatic rings. The molecule has 0 aliphatic carbocycles. The molecule has 4 aromatic rings. The number of hydrogen-bond acceptors (Lipinski definition) is 6. The van der Waals surface area contributed by atoms with Crippen LogP contribution in [0, 0.1) is 0 Å². The molecule has 3 heterocycles. The van der Waals surface area contributed by atoms with Gasteiger partial charge in [0, 0.05) is 28.1 Å². The molecule has 1 aromatic carbocycles. The van der Waals surface area contributed by atoms with E-state index in [0.29, 0.717) is 22.7 Å². The first-order chi connectivity index (χ1) is 13.6. The van der Waals surface area contributed by atoms with E-state index in [0.717, 1.165) is 16.5 Å². The molecule has 0 saturated carbocycles. The summed E-state index contributed by atoms with van der Waals surface area (Å²) >= 11 is 0. The highest BCUT2D eigenvalue weighted by molar-refractivity contribution is 5.92. The predicted molar refractivity (Wildman–Crippen MR) is 102 cm³/mol. The van der Waals surface area contributed by atoms with Crippen LogP contribution >= 0.6 is 0 Å². The summed E-state index contributed by atoms with van der Waals surface area (Å²) in [5.74, 6) is 0.132. The van der Waals surface area contributed by atoms with Crippen LogP contribution in [0.15, 0.2) is 59.4 Å². The number of fused-ring (bicyclic) bond motifs is 1. The van der Waals surface area contributed by atoms with Gasteiger partial charge >= 0.3 is 5.97 Å². The van der Waals surface area contributed by atoms with Crippen molar-refractivity contribution in [2.24, 2.45) is 0 Å². The molecule has 2 N–H and O–H groups in total. The lowest BCUT2D eigenvalue weighted by Crippen LogP contribution is -2.09. The molecule has 28 heavy (non-hydrogen) atoms. The molecule has 7 nitrogen and oxygen atoms in total. The van der Waals surface area contributed by atoms with Crippen LogP contribution in [-0.2, 0) is 4.74 Å². The third kappa shape index (κ3) is 3.01. The van der Waals surface area contributed by atoms with Crippen molar-refractivity contribution in [1.82, 2.24) is 9.97 Å². The van der Waals surface area contributed by atoms with E-state index >= 15 is 0 Å². The molecule has 7 heteroatoms. The van der Waals surface area contributed by atoms with Crippen molar-refractivity contribution in [1.29, 1.82) is 0 Å². The summed E-state index contributed by atoms with van der Waals surface area (Å²) < 4.78 is 15.2. The second-order valence-corrected chi connectivity index (χ2v) is 6.18. The normalized spacial score (nSPS) is 12.1. The fraction of sp³-hybridized carbons (Fsp3) is 0.143. The SMILES string of the molecule is COC(=O)c1cccc(C(O)c2c(-c3ccoc3)[nH]c3cc(OC)ccc23)n1. The van der Waals surface area contributed by atoms with Gasteiger partial charge in [0.1, 0.15) is 17.5 Å². The summed E-state index contributed by atoms with van der Waals surface area (Å²) in [6, 6.07) is 12.2. The van der Waals surface area contributed by atoms with Crippen molar-refractivity contribution in [3.63, 3.8) is 0 Å². The van der Waals surface area contributed by atoms with Crippen molar-refractivity contribution < 1.29 is 23.8 Å². The number of furan rings is 1. The molecule has 0 bridgehead atoms. The van der Waals surface area contributed by atoms with Gasteiger partial charge < -0.3 is 24.0 Å². The van der Waals surface area contributed by atoms with Gasteiger partial charge in [-0.15, -0.1) is 0 Å². The highest BCUT2D eigenvalue weighted by atomic mass is 16.5. The van der Waals surface area contributed by atoms with Gasteiger partial charge in [-0.05, 0) is 30.3 Å². The zero-order chi connectivity index (χ0) is 19.7. The monoisotopic (exact) mass is 378 g/mol. The van der Waals surface area contributed by atoms with E-state index in [4.69, 9.17) is 13.9 Å². The van der Waals surface area contributed by atoms with Crippen LogP contribution in [0.4, 0.5) is 0 Å². The van der Waals surface area contributed by atoms with Gasteiger partial charge in [0.2, 0.25) is 0 Å². The number of carbonyl (C=O) groups is 1. The van der Waals surface area contributed by atoms with Gasteiger partial charge in [-0.3, -0.25) is 0 Å². The first-order valence-corrected chi connectivity index (χ1v) is 8.58. The Morgan fingerprint density at radius 1 is 1.21 bits per heavy atom. The maximum Gasteiger partial charge on any atom is 0.356 e. The van der Waals surface area contributed by atoms with E-state index in [9.17, 15) is 9.90 Å². The molecule has 0 radical (unpaired) electrons. The average Bonchev–Trinajstić information content (AvgIpc) is 3.39. The summed E-state index contributed by atoms with van der Waals surface area (Å²) in [4.78, 5) is 19.4. The summed E-state index contributed by atoms with van der Waals surface area (Å²) in [6.45, 7) is 0. The van der Waals surface area contributed by atoms with E-state index in [2.05, 4.69) is 9.97 Å². The molecule has 142 valence electrons. The summed E-state index contributed by atoms with van der Waals surface area (Å²) in [6.07, 6.45) is 2.08. The lowest BCUT2D eigenvalue weighted by atomic mass is 9.99. The Kier molecular flexibility index (Phi) is 4.58. The van der Waals surface area contributed by atoms with E-state index in [1.165, 1.54) is 7.11 Å². The Balaban J connectivity index is 1.89. The number of aromatic nitrogens is 2. The number of hydrogen-bond donors (Lipinski definition) is 2. The van der Waals surface area contributed by atoms with Gasteiger partial charge in [0.25, 0.3) is 0 Å². The van der Waals surface area contributed by atoms with Crippen LogP contribution in [0.3, 0.4) is 0 Å². The number of benzene rings is 1. The Bertz CT molecular complexity index is 1130. The largest absolute Gasteiger partial charge is 0.497 e. The fourth-order valence-electron chi connectivity index (χ4n) is 3.21. The van der Waals surface area contributed by atoms with E-state index in [1.807, 2.05) is 18.2 Å². The first kappa shape index (κ1) is 17.8. The number of nitrogens with zero attached hydrogens (tertiary/aromatic N) is 1. The maximum atomic E-state index is 11.8. The molecule has 0 spiro atoms. The highest BCUT2D eigenvalue weighted by Crippen LogP contribution is 2.38. The van der Waals surface area contributed by atoms with Gasteiger partial charge in [-0.1, -0.05) is 6.07 Å². The Labute approximate surface area is 160 Å². The molecule has 0 aliphatic heterocycles. The number of carbonyl (C=O) groups excluding carboxylic acids is 1. The molecule has 1 atom stereocenters. The lowest BCUT2D eigenvalue weighted by Gasteiger charge is -2.13. The smallest absolute Gasteiger partial charge is 0.356 e. The summed E-state index contributed by atoms with van der Waals surface area (Å²) in [5.41, 5.74) is 3.39. The Hall–Kier alpha value is -3.58. The van der Waals surface area contributed by atoms with Crippen molar-refractivity contribution in [2.75, 3.05) is 14.2 Å². The Morgan fingerprint density at radius 2 is 2.07 bits per heavy atom. The number of esters is 1. The number of ether oxygens (including phenoxy) is 2. The number of pyridine rings is 1. The second kappa shape index (κ2) is 7.21. The number of methoxy groups -OCH3 is 2. The van der Waals surface area contributed by atoms with Gasteiger partial charge in [0.15, 0.2) is 0 Å². The minimum absolute atomic E-state index is 0.130. The number of rotatable bonds is 5. The number of H-pyrrole nitrogens is 1. The van der Waals surface area contributed by atoms with Crippen molar-refractivity contribution >= 4 is 16.9 Å². The minimum atomic E-state index is -1.07. The second-order valence-electron chi connectivity index (χ2n) is 6.18. The standard InChI is InChI=1S/C21H18N2O5/c1-26-13-6-7-14-17(10-13)23-19(12-8-9-28-11-12)18(14)20(24)15-4-3-5-16(22-15)21(25)27-2/h3-11,20,23-24H,1-2H3. The van der Waals surface area contributed by atoms with Crippen LogP contribution in [0.1, 0.15) is 27.8 Å². The fourth-order valence-corrected chi connectivity index (χ4v) is 3.21. The van der Waals surface area contributed by atoms with E-state index in [1.54, 1.807) is 43.9 Å². The van der Waals surface area contributed by atoms with Crippen LogP contribution < -0.4 is 4.74 Å². The summed E-state index contributed by atoms with van der Waals surface area (Å²) in [7, 11) is 2.89. The van der Waals surface area contributed by atoms with Crippen molar-refractivity contribution in [3.8, 4) is 17.0 Å². The van der Waals surface area contributed by atoms with Crippen LogP contribution in [0.5, 0.6) is 5.75 Å². The molecule has 0 amide bonds. The number of nitrogens with one attached hydrogen (secondary N) is 1. The first-order valence-electron chi connectivity index (χ1n) is 8.58. The number of aliphatic hydroxyl groups excluding tert-OH is 1. The van der Waals surface area contributed by atoms with E-state index < -0.39 is 12.1 Å². The number of aromatic amines is 1. The van der Waals surface area contributed by atoms with E-state index in [-0.39, 0.29) is 5.69 Å². The topological polar surface area (TPSA) is 97.6 Å². The molecule has 1 unspecified atom stereocenters. The minimum Gasteiger partial charge on any atom is -0.497 e. The third-order valence-electron chi connectivity index (χ3n) is 4.57. The zero-order valence-corrected chi connectivity index (χ0v) is 15.3. The van der Waals surface area contributed by atoms with Crippen molar-refractivity contribution in [3.05, 3.63) is 71.9 Å². The molecule has 0 saturated heterocycles. The lowest BCUT2D eigenvalue weighted by molar-refractivity contribution is 0.0593. The molecular formula is C21H18N2O5. The molecular weight excluding hydrogens is 360 g/mol. The zero-order valence-electron chi connectivity index (χ0n) is 15.3. The number of aliphatic hydroxyl groups is 1. The molecule has 0 fully saturated rings. The van der Waals surface area contributed by atoms with Gasteiger partial charge in [0.05, 0.1) is 38.1 Å². The molecule has 4 rings (SSSR count). The quantitative estimate of drug-likeness (QED) is 0.514. The van der Waals surface area contributed by atoms with Gasteiger partial charge in [-0.2, -0.15) is 0 Å². The average molecular weight is 378 g/mol. The van der Waals surface area contributed by atoms with Gasteiger partial charge in [-0.25, -0.2) is 9.78 Å². The Morgan fingerprint density at radius 3 is 2.79 bits per heavy atom. The van der Waals surface area contributed by atoms with Crippen LogP contribution in [0.25, 0.3) is 22.2 Å². The summed E-state index contributed by atoms with van der Waals surface area (Å²) in [5, 5.41) is 12.0. The highest BCUT2D eigenvalue weighted by Gasteiger charge is 2.24. The maximum absolute atomic E-state index is 11.8. The van der Waals surface area contributed by atoms with Crippen molar-refractivity contribution in [2.45, 2.75) is 6.10 Å².